The molecule has 4 rings (SSSR count). The van der Waals surface area contributed by atoms with Crippen LogP contribution in [-0.4, -0.2) is 54.8 Å². The first-order chi connectivity index (χ1) is 15.8. The largest absolute Gasteiger partial charge is 0.416 e. The monoisotopic (exact) mass is 459 g/mol. The highest BCUT2D eigenvalue weighted by atomic mass is 19.4. The zero-order valence-corrected chi connectivity index (χ0v) is 18.6. The number of hydrogen-bond acceptors (Lipinski definition) is 3. The van der Waals surface area contributed by atoms with Gasteiger partial charge in [-0.2, -0.15) is 13.2 Å². The molecule has 0 aliphatic carbocycles. The van der Waals surface area contributed by atoms with E-state index in [-0.39, 0.29) is 17.9 Å². The lowest BCUT2D eigenvalue weighted by molar-refractivity contribution is -0.138. The summed E-state index contributed by atoms with van der Waals surface area (Å²) in [7, 11) is 1.86. The molecule has 1 aliphatic heterocycles. The molecular formula is C25H28F3N3O2. The van der Waals surface area contributed by atoms with Crippen molar-refractivity contribution in [2.45, 2.75) is 18.5 Å². The third kappa shape index (κ3) is 5.39. The fourth-order valence-corrected chi connectivity index (χ4v) is 4.53. The predicted octanol–water partition coefficient (Wildman–Crippen LogP) is 4.17. The predicted molar refractivity (Wildman–Crippen MR) is 121 cm³/mol. The van der Waals surface area contributed by atoms with Crippen LogP contribution in [0, 0.1) is 0 Å². The van der Waals surface area contributed by atoms with Gasteiger partial charge in [0.25, 0.3) is 0 Å². The number of halogens is 3. The van der Waals surface area contributed by atoms with Crippen LogP contribution in [0.4, 0.5) is 13.2 Å². The van der Waals surface area contributed by atoms with E-state index in [0.29, 0.717) is 31.9 Å². The van der Waals surface area contributed by atoms with E-state index < -0.39 is 17.7 Å². The average Bonchev–Trinajstić information content (AvgIpc) is 3.14. The molecule has 2 aromatic carbocycles. The maximum Gasteiger partial charge on any atom is 0.416 e. The van der Waals surface area contributed by atoms with Gasteiger partial charge in [-0.25, -0.2) is 0 Å². The Labute approximate surface area is 191 Å². The number of carbonyl (C=O) groups is 1. The van der Waals surface area contributed by atoms with Crippen molar-refractivity contribution in [3.05, 3.63) is 71.4 Å². The summed E-state index contributed by atoms with van der Waals surface area (Å²) < 4.78 is 48.8. The molecule has 3 aromatic rings. The van der Waals surface area contributed by atoms with Crippen LogP contribution in [0.25, 0.3) is 10.9 Å². The molecule has 2 heterocycles. The first-order valence-electron chi connectivity index (χ1n) is 11.1. The van der Waals surface area contributed by atoms with E-state index in [9.17, 15) is 18.0 Å². The zero-order valence-electron chi connectivity index (χ0n) is 18.6. The summed E-state index contributed by atoms with van der Waals surface area (Å²) in [5.74, 6) is -0.990. The Morgan fingerprint density at radius 1 is 1.06 bits per heavy atom. The summed E-state index contributed by atoms with van der Waals surface area (Å²) in [5, 5.41) is 3.75. The molecule has 176 valence electrons. The van der Waals surface area contributed by atoms with Gasteiger partial charge in [-0.1, -0.05) is 36.4 Å². The maximum atomic E-state index is 13.9. The lowest BCUT2D eigenvalue weighted by atomic mass is 9.85. The number of aryl methyl sites for hydroxylation is 1. The van der Waals surface area contributed by atoms with Crippen LogP contribution in [0.15, 0.2) is 54.7 Å². The van der Waals surface area contributed by atoms with Gasteiger partial charge in [0, 0.05) is 62.7 Å². The number of para-hydroxylation sites is 1. The number of alkyl halides is 3. The molecule has 8 heteroatoms. The van der Waals surface area contributed by atoms with Crippen LogP contribution >= 0.6 is 0 Å². The highest BCUT2D eigenvalue weighted by Crippen LogP contribution is 2.41. The number of aromatic nitrogens is 1. The van der Waals surface area contributed by atoms with E-state index in [1.165, 1.54) is 12.1 Å². The van der Waals surface area contributed by atoms with E-state index in [4.69, 9.17) is 4.74 Å². The van der Waals surface area contributed by atoms with Gasteiger partial charge in [-0.15, -0.1) is 0 Å². The standard InChI is InChI=1S/C25H28F3N3O2/c1-30-17-21(19-7-3-5-9-23(19)30)20(18-6-2-4-8-22(18)25(26,27)28)16-24(32)29-10-11-31-12-14-33-15-13-31/h2-9,17,20H,10-16H2,1H3,(H,29,32). The highest BCUT2D eigenvalue weighted by molar-refractivity contribution is 5.86. The molecule has 33 heavy (non-hydrogen) atoms. The molecule has 1 aromatic heterocycles. The fraction of sp³-hybridized carbons (Fsp3) is 0.400. The van der Waals surface area contributed by atoms with Crippen LogP contribution in [0.3, 0.4) is 0 Å². The van der Waals surface area contributed by atoms with Crippen LogP contribution in [0.1, 0.15) is 29.0 Å². The molecule has 1 unspecified atom stereocenters. The van der Waals surface area contributed by atoms with Crippen molar-refractivity contribution < 1.29 is 22.7 Å². The van der Waals surface area contributed by atoms with Gasteiger partial charge in [0.05, 0.1) is 18.8 Å². The lowest BCUT2D eigenvalue weighted by Gasteiger charge is -2.26. The first kappa shape index (κ1) is 23.3. The number of amides is 1. The van der Waals surface area contributed by atoms with Crippen molar-refractivity contribution in [1.29, 1.82) is 0 Å². The summed E-state index contributed by atoms with van der Waals surface area (Å²) >= 11 is 0. The number of nitrogens with one attached hydrogen (secondary N) is 1. The van der Waals surface area contributed by atoms with Crippen molar-refractivity contribution in [3.63, 3.8) is 0 Å². The molecule has 0 radical (unpaired) electrons. The summed E-state index contributed by atoms with van der Waals surface area (Å²) in [6, 6.07) is 13.1. The molecule has 1 saturated heterocycles. The van der Waals surface area contributed by atoms with Crippen molar-refractivity contribution in [2.75, 3.05) is 39.4 Å². The number of carbonyl (C=O) groups excluding carboxylic acids is 1. The molecule has 0 bridgehead atoms. The summed E-state index contributed by atoms with van der Waals surface area (Å²) in [6.45, 7) is 4.10. The minimum atomic E-state index is -4.51. The number of ether oxygens (including phenoxy) is 1. The highest BCUT2D eigenvalue weighted by Gasteiger charge is 2.36. The maximum absolute atomic E-state index is 13.9. The third-order valence-electron chi connectivity index (χ3n) is 6.19. The van der Waals surface area contributed by atoms with Crippen LogP contribution < -0.4 is 5.32 Å². The van der Waals surface area contributed by atoms with E-state index in [0.717, 1.165) is 30.1 Å². The van der Waals surface area contributed by atoms with E-state index in [1.807, 2.05) is 42.1 Å². The number of morpholine rings is 1. The molecule has 1 N–H and O–H groups in total. The summed E-state index contributed by atoms with van der Waals surface area (Å²) in [4.78, 5) is 15.1. The Bertz CT molecular complexity index is 1100. The third-order valence-corrected chi connectivity index (χ3v) is 6.19. The van der Waals surface area contributed by atoms with Crippen molar-refractivity contribution in [2.24, 2.45) is 7.05 Å². The van der Waals surface area contributed by atoms with Crippen molar-refractivity contribution in [1.82, 2.24) is 14.8 Å². The minimum absolute atomic E-state index is 0.0653. The number of nitrogens with zero attached hydrogens (tertiary/aromatic N) is 2. The minimum Gasteiger partial charge on any atom is -0.379 e. The molecule has 1 aliphatic rings. The van der Waals surface area contributed by atoms with Gasteiger partial charge in [-0.05, 0) is 23.3 Å². The molecule has 1 fully saturated rings. The van der Waals surface area contributed by atoms with Crippen LogP contribution in [0.2, 0.25) is 0 Å². The molecule has 0 saturated carbocycles. The van der Waals surface area contributed by atoms with Gasteiger partial charge in [-0.3, -0.25) is 9.69 Å². The Morgan fingerprint density at radius 3 is 2.52 bits per heavy atom. The Balaban J connectivity index is 1.62. The molecule has 1 amide bonds. The van der Waals surface area contributed by atoms with Crippen molar-refractivity contribution >= 4 is 16.8 Å². The summed E-state index contributed by atoms with van der Waals surface area (Å²) in [5.41, 5.74) is 1.04. The SMILES string of the molecule is Cn1cc(C(CC(=O)NCCN2CCOCC2)c2ccccc2C(F)(F)F)c2ccccc21. The second kappa shape index (κ2) is 9.97. The van der Waals surface area contributed by atoms with Gasteiger partial charge in [0.2, 0.25) is 5.91 Å². The van der Waals surface area contributed by atoms with Crippen LogP contribution in [-0.2, 0) is 22.8 Å². The number of benzene rings is 2. The van der Waals surface area contributed by atoms with E-state index in [2.05, 4.69) is 10.2 Å². The van der Waals surface area contributed by atoms with E-state index in [1.54, 1.807) is 6.07 Å². The molecule has 1 atom stereocenters. The number of rotatable bonds is 7. The molecule has 0 spiro atoms. The lowest BCUT2D eigenvalue weighted by Crippen LogP contribution is -2.41. The fourth-order valence-electron chi connectivity index (χ4n) is 4.53. The average molecular weight is 460 g/mol. The van der Waals surface area contributed by atoms with Crippen molar-refractivity contribution in [3.8, 4) is 0 Å². The Morgan fingerprint density at radius 2 is 1.76 bits per heavy atom. The van der Waals surface area contributed by atoms with Gasteiger partial charge in [0.1, 0.15) is 0 Å². The quantitative estimate of drug-likeness (QED) is 0.577. The Hall–Kier alpha value is -2.84. The number of hydrogen-bond donors (Lipinski definition) is 1. The molecular weight excluding hydrogens is 431 g/mol. The van der Waals surface area contributed by atoms with Gasteiger partial charge >= 0.3 is 6.18 Å². The zero-order chi connectivity index (χ0) is 23.4. The second-order valence-corrected chi connectivity index (χ2v) is 8.36. The normalized spacial score (nSPS) is 16.1. The molecule has 5 nitrogen and oxygen atoms in total. The van der Waals surface area contributed by atoms with E-state index >= 15 is 0 Å². The Kier molecular flexibility index (Phi) is 7.05. The van der Waals surface area contributed by atoms with Gasteiger partial charge in [0.15, 0.2) is 0 Å². The smallest absolute Gasteiger partial charge is 0.379 e. The first-order valence-corrected chi connectivity index (χ1v) is 11.1. The van der Waals surface area contributed by atoms with Gasteiger partial charge < -0.3 is 14.6 Å². The van der Waals surface area contributed by atoms with Crippen LogP contribution in [0.5, 0.6) is 0 Å². The summed E-state index contributed by atoms with van der Waals surface area (Å²) in [6.07, 6.45) is -2.74. The second-order valence-electron chi connectivity index (χ2n) is 8.36. The number of fused-ring (bicyclic) bond motifs is 1. The topological polar surface area (TPSA) is 46.5 Å².